The van der Waals surface area contributed by atoms with E-state index in [2.05, 4.69) is 36.4 Å². The third kappa shape index (κ3) is 2.32. The fourth-order valence-electron chi connectivity index (χ4n) is 2.14. The number of fused-ring (bicyclic) bond motifs is 1. The van der Waals surface area contributed by atoms with Crippen LogP contribution >= 0.6 is 11.6 Å². The third-order valence-electron chi connectivity index (χ3n) is 2.85. The smallest absolute Gasteiger partial charge is 0.147 e. The molecule has 0 amide bonds. The molecule has 98 valence electrons. The minimum Gasteiger partial charge on any atom is -0.491 e. The zero-order valence-electron chi connectivity index (χ0n) is 11.1. The largest absolute Gasteiger partial charge is 0.491 e. The van der Waals surface area contributed by atoms with E-state index >= 15 is 0 Å². The number of hydrogen-bond donors (Lipinski definition) is 0. The quantitative estimate of drug-likeness (QED) is 0.761. The van der Waals surface area contributed by atoms with Crippen LogP contribution in [0.25, 0.3) is 11.0 Å². The van der Waals surface area contributed by atoms with E-state index in [4.69, 9.17) is 16.3 Å². The number of para-hydroxylation sites is 1. The van der Waals surface area contributed by atoms with Crippen molar-refractivity contribution < 1.29 is 4.74 Å². The van der Waals surface area contributed by atoms with Gasteiger partial charge in [0.1, 0.15) is 17.1 Å². The topological polar surface area (TPSA) is 27.1 Å². The molecule has 1 heterocycles. The van der Waals surface area contributed by atoms with Gasteiger partial charge in [-0.25, -0.2) is 4.98 Å². The summed E-state index contributed by atoms with van der Waals surface area (Å²) in [5.74, 6) is 2.16. The maximum Gasteiger partial charge on any atom is 0.147 e. The van der Waals surface area contributed by atoms with Crippen molar-refractivity contribution in [3.8, 4) is 5.75 Å². The van der Waals surface area contributed by atoms with Gasteiger partial charge in [0.25, 0.3) is 0 Å². The molecule has 0 saturated carbocycles. The first-order valence-electron chi connectivity index (χ1n) is 6.37. The van der Waals surface area contributed by atoms with Crippen LogP contribution in [0, 0.1) is 0 Å². The minimum atomic E-state index is 0.338. The highest BCUT2D eigenvalue weighted by Crippen LogP contribution is 2.29. The van der Waals surface area contributed by atoms with Crippen LogP contribution in [0.3, 0.4) is 0 Å². The van der Waals surface area contributed by atoms with Crippen LogP contribution in [0.2, 0.25) is 0 Å². The molecule has 2 rings (SSSR count). The summed E-state index contributed by atoms with van der Waals surface area (Å²) in [5.41, 5.74) is 2.00. The standard InChI is InChI=1S/C14H19ClN2O/c1-4-8-18-12-7-5-6-11-14(12)16-13(9-15)17(11)10(2)3/h5-7,10H,4,8-9H2,1-3H3. The predicted molar refractivity (Wildman–Crippen MR) is 75.5 cm³/mol. The van der Waals surface area contributed by atoms with Gasteiger partial charge in [-0.3, -0.25) is 0 Å². The Balaban J connectivity index is 2.57. The van der Waals surface area contributed by atoms with Crippen molar-refractivity contribution in [2.45, 2.75) is 39.1 Å². The lowest BCUT2D eigenvalue weighted by Gasteiger charge is -2.11. The average molecular weight is 267 g/mol. The van der Waals surface area contributed by atoms with Gasteiger partial charge < -0.3 is 9.30 Å². The van der Waals surface area contributed by atoms with E-state index in [9.17, 15) is 0 Å². The molecule has 4 heteroatoms. The summed E-state index contributed by atoms with van der Waals surface area (Å²) in [6, 6.07) is 6.38. The Hall–Kier alpha value is -1.22. The molecular formula is C14H19ClN2O. The van der Waals surface area contributed by atoms with E-state index in [1.807, 2.05) is 12.1 Å². The van der Waals surface area contributed by atoms with Gasteiger partial charge in [0.2, 0.25) is 0 Å². The lowest BCUT2D eigenvalue weighted by atomic mass is 10.2. The van der Waals surface area contributed by atoms with Gasteiger partial charge in [0.05, 0.1) is 18.0 Å². The molecular weight excluding hydrogens is 248 g/mol. The molecule has 0 fully saturated rings. The van der Waals surface area contributed by atoms with Gasteiger partial charge in [0, 0.05) is 6.04 Å². The number of nitrogens with zero attached hydrogens (tertiary/aromatic N) is 2. The second kappa shape index (κ2) is 5.61. The van der Waals surface area contributed by atoms with Crippen molar-refractivity contribution in [3.05, 3.63) is 24.0 Å². The van der Waals surface area contributed by atoms with Crippen molar-refractivity contribution in [3.63, 3.8) is 0 Å². The SMILES string of the molecule is CCCOc1cccc2c1nc(CCl)n2C(C)C. The second-order valence-electron chi connectivity index (χ2n) is 4.60. The van der Waals surface area contributed by atoms with E-state index in [0.29, 0.717) is 18.5 Å². The number of benzene rings is 1. The average Bonchev–Trinajstić information content (AvgIpc) is 2.75. The van der Waals surface area contributed by atoms with E-state index in [-0.39, 0.29) is 0 Å². The fraction of sp³-hybridized carbons (Fsp3) is 0.500. The summed E-state index contributed by atoms with van der Waals surface area (Å²) in [7, 11) is 0. The maximum atomic E-state index is 5.98. The molecule has 0 unspecified atom stereocenters. The lowest BCUT2D eigenvalue weighted by Crippen LogP contribution is -2.04. The Morgan fingerprint density at radius 1 is 1.39 bits per heavy atom. The molecule has 0 spiro atoms. The van der Waals surface area contributed by atoms with Gasteiger partial charge in [0.15, 0.2) is 0 Å². The zero-order valence-corrected chi connectivity index (χ0v) is 11.9. The molecule has 3 nitrogen and oxygen atoms in total. The molecule has 0 aliphatic heterocycles. The molecule has 0 radical (unpaired) electrons. The van der Waals surface area contributed by atoms with Crippen LogP contribution < -0.4 is 4.74 Å². The molecule has 0 atom stereocenters. The second-order valence-corrected chi connectivity index (χ2v) is 4.87. The van der Waals surface area contributed by atoms with Crippen LogP contribution in [-0.4, -0.2) is 16.2 Å². The summed E-state index contributed by atoms with van der Waals surface area (Å²) in [5, 5.41) is 0. The van der Waals surface area contributed by atoms with Gasteiger partial charge in [-0.05, 0) is 32.4 Å². The number of ether oxygens (including phenoxy) is 1. The molecule has 0 N–H and O–H groups in total. The highest BCUT2D eigenvalue weighted by Gasteiger charge is 2.15. The molecule has 1 aromatic heterocycles. The summed E-state index contributed by atoms with van der Waals surface area (Å²) in [6.45, 7) is 7.08. The first kappa shape index (κ1) is 13.2. The normalized spacial score (nSPS) is 11.4. The number of aromatic nitrogens is 2. The highest BCUT2D eigenvalue weighted by atomic mass is 35.5. The van der Waals surface area contributed by atoms with E-state index in [1.165, 1.54) is 0 Å². The summed E-state index contributed by atoms with van der Waals surface area (Å²) in [6.07, 6.45) is 0.990. The monoisotopic (exact) mass is 266 g/mol. The molecule has 18 heavy (non-hydrogen) atoms. The number of rotatable bonds is 5. The summed E-state index contributed by atoms with van der Waals surface area (Å²) < 4.78 is 7.91. The van der Waals surface area contributed by atoms with Crippen molar-refractivity contribution >= 4 is 22.6 Å². The number of hydrogen-bond acceptors (Lipinski definition) is 2. The van der Waals surface area contributed by atoms with E-state index in [0.717, 1.165) is 29.0 Å². The summed E-state index contributed by atoms with van der Waals surface area (Å²) in [4.78, 5) is 4.61. The van der Waals surface area contributed by atoms with E-state index < -0.39 is 0 Å². The van der Waals surface area contributed by atoms with Gasteiger partial charge in [-0.2, -0.15) is 0 Å². The van der Waals surface area contributed by atoms with Gasteiger partial charge in [-0.15, -0.1) is 11.6 Å². The zero-order chi connectivity index (χ0) is 13.1. The number of imidazole rings is 1. The van der Waals surface area contributed by atoms with Gasteiger partial charge >= 0.3 is 0 Å². The first-order valence-corrected chi connectivity index (χ1v) is 6.91. The Bertz CT molecular complexity index is 534. The Kier molecular flexibility index (Phi) is 4.12. The van der Waals surface area contributed by atoms with Crippen molar-refractivity contribution in [2.75, 3.05) is 6.61 Å². The van der Waals surface area contributed by atoms with Crippen LogP contribution in [0.15, 0.2) is 18.2 Å². The molecule has 0 aliphatic rings. The van der Waals surface area contributed by atoms with Crippen LogP contribution in [0.5, 0.6) is 5.75 Å². The van der Waals surface area contributed by atoms with Crippen LogP contribution in [0.4, 0.5) is 0 Å². The van der Waals surface area contributed by atoms with Gasteiger partial charge in [-0.1, -0.05) is 13.0 Å². The summed E-state index contributed by atoms with van der Waals surface area (Å²) >= 11 is 5.98. The number of alkyl halides is 1. The Morgan fingerprint density at radius 3 is 2.78 bits per heavy atom. The Labute approximate surface area is 113 Å². The molecule has 1 aromatic carbocycles. The van der Waals surface area contributed by atoms with Crippen molar-refractivity contribution in [1.29, 1.82) is 0 Å². The number of halogens is 1. The lowest BCUT2D eigenvalue weighted by molar-refractivity contribution is 0.320. The van der Waals surface area contributed by atoms with Crippen LogP contribution in [0.1, 0.15) is 39.1 Å². The predicted octanol–water partition coefficient (Wildman–Crippen LogP) is 4.14. The maximum absolute atomic E-state index is 5.98. The molecule has 0 aliphatic carbocycles. The van der Waals surface area contributed by atoms with Crippen molar-refractivity contribution in [2.24, 2.45) is 0 Å². The minimum absolute atomic E-state index is 0.338. The third-order valence-corrected chi connectivity index (χ3v) is 3.09. The molecule has 0 bridgehead atoms. The Morgan fingerprint density at radius 2 is 2.17 bits per heavy atom. The van der Waals surface area contributed by atoms with Crippen molar-refractivity contribution in [1.82, 2.24) is 9.55 Å². The first-order chi connectivity index (χ1) is 8.69. The van der Waals surface area contributed by atoms with E-state index in [1.54, 1.807) is 0 Å². The fourth-order valence-corrected chi connectivity index (χ4v) is 2.33. The molecule has 0 saturated heterocycles. The highest BCUT2D eigenvalue weighted by molar-refractivity contribution is 6.16. The molecule has 2 aromatic rings. The van der Waals surface area contributed by atoms with Crippen LogP contribution in [-0.2, 0) is 5.88 Å².